The van der Waals surface area contributed by atoms with E-state index in [1.54, 1.807) is 18.2 Å². The number of aromatic nitrogens is 2. The highest BCUT2D eigenvalue weighted by atomic mass is 79.9. The molecular weight excluding hydrogens is 547 g/mol. The van der Waals surface area contributed by atoms with Gasteiger partial charge in [-0.1, -0.05) is 27.5 Å². The van der Waals surface area contributed by atoms with Crippen LogP contribution in [0.4, 0.5) is 14.9 Å². The summed E-state index contributed by atoms with van der Waals surface area (Å²) >= 11 is 9.79. The summed E-state index contributed by atoms with van der Waals surface area (Å²) in [5, 5.41) is 2.53. The van der Waals surface area contributed by atoms with Gasteiger partial charge >= 0.3 is 6.03 Å². The number of benzene rings is 2. The fourth-order valence-corrected chi connectivity index (χ4v) is 5.57. The molecule has 0 aliphatic rings. The summed E-state index contributed by atoms with van der Waals surface area (Å²) in [6, 6.07) is 10.1. The van der Waals surface area contributed by atoms with Gasteiger partial charge in [0.15, 0.2) is 0 Å². The minimum atomic E-state index is -4.13. The normalized spacial score (nSPS) is 11.5. The molecule has 32 heavy (non-hydrogen) atoms. The third-order valence-corrected chi connectivity index (χ3v) is 7.77. The molecule has 4 rings (SSSR count). The van der Waals surface area contributed by atoms with Gasteiger partial charge in [-0.3, -0.25) is 9.36 Å². The molecule has 2 heterocycles. The first-order valence-corrected chi connectivity index (χ1v) is 12.2. The van der Waals surface area contributed by atoms with E-state index in [-0.39, 0.29) is 19.9 Å². The lowest BCUT2D eigenvalue weighted by Gasteiger charge is -2.11. The number of nitrogens with zero attached hydrogens (tertiary/aromatic N) is 2. The number of halogens is 3. The van der Waals surface area contributed by atoms with E-state index in [9.17, 15) is 22.4 Å². The number of rotatable bonds is 4. The van der Waals surface area contributed by atoms with Crippen molar-refractivity contribution in [1.82, 2.24) is 14.3 Å². The molecule has 4 aromatic rings. The minimum absolute atomic E-state index is 0.0206. The number of nitrogens with one attached hydrogen (secondary N) is 2. The SMILES string of the molecule is O=C(Nc1ccc(-n2cnc3ccc(Br)cc3c2=O)c(F)c1)NS(=O)(=O)c1ccc(Cl)s1. The molecule has 0 unspecified atom stereocenters. The molecular formula is C19H11BrClFN4O4S2. The van der Waals surface area contributed by atoms with Gasteiger partial charge in [0, 0.05) is 10.2 Å². The largest absolute Gasteiger partial charge is 0.333 e. The molecule has 0 aliphatic carbocycles. The average Bonchev–Trinajstić information content (AvgIpc) is 3.16. The number of anilines is 1. The van der Waals surface area contributed by atoms with Crippen molar-refractivity contribution in [3.05, 3.63) is 79.8 Å². The van der Waals surface area contributed by atoms with Crippen LogP contribution in [-0.4, -0.2) is 24.0 Å². The molecule has 0 atom stereocenters. The highest BCUT2D eigenvalue weighted by molar-refractivity contribution is 9.10. The van der Waals surface area contributed by atoms with E-state index in [1.165, 1.54) is 30.6 Å². The molecule has 0 saturated carbocycles. The number of carbonyl (C=O) groups excluding carboxylic acids is 1. The van der Waals surface area contributed by atoms with E-state index in [1.807, 2.05) is 4.72 Å². The van der Waals surface area contributed by atoms with Crippen molar-refractivity contribution in [2.75, 3.05) is 5.32 Å². The molecule has 2 aromatic heterocycles. The maximum Gasteiger partial charge on any atom is 0.333 e. The number of amides is 2. The summed E-state index contributed by atoms with van der Waals surface area (Å²) in [5.74, 6) is -0.825. The van der Waals surface area contributed by atoms with Gasteiger partial charge in [0.05, 0.1) is 20.9 Å². The fraction of sp³-hybridized carbons (Fsp3) is 0. The zero-order valence-electron chi connectivity index (χ0n) is 15.7. The van der Waals surface area contributed by atoms with Crippen molar-refractivity contribution in [2.24, 2.45) is 0 Å². The number of sulfonamides is 1. The van der Waals surface area contributed by atoms with Gasteiger partial charge < -0.3 is 5.32 Å². The molecule has 0 aliphatic heterocycles. The second kappa shape index (κ2) is 8.62. The summed E-state index contributed by atoms with van der Waals surface area (Å²) in [5.41, 5.74) is -0.128. The van der Waals surface area contributed by atoms with Gasteiger partial charge in [-0.05, 0) is 48.5 Å². The van der Waals surface area contributed by atoms with Crippen LogP contribution in [0.3, 0.4) is 0 Å². The van der Waals surface area contributed by atoms with Crippen molar-refractivity contribution in [3.63, 3.8) is 0 Å². The minimum Gasteiger partial charge on any atom is -0.307 e. The summed E-state index contributed by atoms with van der Waals surface area (Å²) in [6.07, 6.45) is 1.20. The summed E-state index contributed by atoms with van der Waals surface area (Å²) < 4.78 is 42.7. The van der Waals surface area contributed by atoms with Gasteiger partial charge in [0.1, 0.15) is 16.4 Å². The first-order chi connectivity index (χ1) is 15.1. The van der Waals surface area contributed by atoms with Crippen LogP contribution in [0.5, 0.6) is 0 Å². The van der Waals surface area contributed by atoms with Gasteiger partial charge in [-0.25, -0.2) is 27.3 Å². The monoisotopic (exact) mass is 556 g/mol. The molecule has 13 heteroatoms. The highest BCUT2D eigenvalue weighted by Crippen LogP contribution is 2.25. The number of thiophene rings is 1. The van der Waals surface area contributed by atoms with Gasteiger partial charge in [-0.15, -0.1) is 11.3 Å². The van der Waals surface area contributed by atoms with Crippen LogP contribution in [0.2, 0.25) is 4.34 Å². The van der Waals surface area contributed by atoms with Gasteiger partial charge in [-0.2, -0.15) is 0 Å². The van der Waals surface area contributed by atoms with Crippen LogP contribution in [0.15, 0.2) is 68.3 Å². The number of hydrogen-bond acceptors (Lipinski definition) is 6. The van der Waals surface area contributed by atoms with Crippen molar-refractivity contribution in [1.29, 1.82) is 0 Å². The first-order valence-electron chi connectivity index (χ1n) is 8.70. The van der Waals surface area contributed by atoms with E-state index in [2.05, 4.69) is 26.2 Å². The lowest BCUT2D eigenvalue weighted by atomic mass is 10.2. The molecule has 164 valence electrons. The van der Waals surface area contributed by atoms with Crippen LogP contribution in [0.1, 0.15) is 0 Å². The zero-order chi connectivity index (χ0) is 23.0. The molecule has 0 fully saturated rings. The third kappa shape index (κ3) is 4.53. The van der Waals surface area contributed by atoms with Gasteiger partial charge in [0.25, 0.3) is 15.6 Å². The Balaban J connectivity index is 1.58. The Kier molecular flexibility index (Phi) is 6.03. The van der Waals surface area contributed by atoms with Crippen molar-refractivity contribution >= 4 is 71.5 Å². The molecule has 0 bridgehead atoms. The predicted molar refractivity (Wildman–Crippen MR) is 124 cm³/mol. The lowest BCUT2D eigenvalue weighted by molar-refractivity contribution is 0.256. The van der Waals surface area contributed by atoms with E-state index >= 15 is 0 Å². The summed E-state index contributed by atoms with van der Waals surface area (Å²) in [4.78, 5) is 29.0. The molecule has 8 nitrogen and oxygen atoms in total. The van der Waals surface area contributed by atoms with E-state index in [0.717, 1.165) is 22.0 Å². The molecule has 0 radical (unpaired) electrons. The van der Waals surface area contributed by atoms with Crippen LogP contribution in [-0.2, 0) is 10.0 Å². The second-order valence-electron chi connectivity index (χ2n) is 6.37. The van der Waals surface area contributed by atoms with Crippen molar-refractivity contribution in [2.45, 2.75) is 4.21 Å². The highest BCUT2D eigenvalue weighted by Gasteiger charge is 2.20. The quantitative estimate of drug-likeness (QED) is 0.384. The van der Waals surface area contributed by atoms with E-state index in [4.69, 9.17) is 11.6 Å². The van der Waals surface area contributed by atoms with E-state index < -0.39 is 27.4 Å². The zero-order valence-corrected chi connectivity index (χ0v) is 19.6. The van der Waals surface area contributed by atoms with Crippen molar-refractivity contribution in [3.8, 4) is 5.69 Å². The molecule has 0 saturated heterocycles. The van der Waals surface area contributed by atoms with Gasteiger partial charge in [0.2, 0.25) is 0 Å². The maximum atomic E-state index is 14.8. The molecule has 2 N–H and O–H groups in total. The maximum absolute atomic E-state index is 14.8. The smallest absolute Gasteiger partial charge is 0.307 e. The Bertz CT molecular complexity index is 1540. The van der Waals surface area contributed by atoms with Crippen LogP contribution in [0, 0.1) is 5.82 Å². The predicted octanol–water partition coefficient (Wildman–Crippen LogP) is 4.51. The number of hydrogen-bond donors (Lipinski definition) is 2. The number of fused-ring (bicyclic) bond motifs is 1. The Morgan fingerprint density at radius 2 is 1.94 bits per heavy atom. The van der Waals surface area contributed by atoms with Crippen LogP contribution < -0.4 is 15.6 Å². The average molecular weight is 558 g/mol. The van der Waals surface area contributed by atoms with Crippen LogP contribution in [0.25, 0.3) is 16.6 Å². The Morgan fingerprint density at radius 1 is 1.16 bits per heavy atom. The third-order valence-electron chi connectivity index (χ3n) is 4.23. The first kappa shape index (κ1) is 22.4. The molecule has 0 spiro atoms. The Labute approximate surface area is 197 Å². The van der Waals surface area contributed by atoms with Crippen molar-refractivity contribution < 1.29 is 17.6 Å². The lowest BCUT2D eigenvalue weighted by Crippen LogP contribution is -2.34. The topological polar surface area (TPSA) is 110 Å². The number of carbonyl (C=O) groups is 1. The second-order valence-corrected chi connectivity index (χ2v) is 10.9. The standard InChI is InChI=1S/C19H11BrClFN4O4S2/c20-10-1-3-14-12(7-10)18(27)26(9-23-14)15-4-2-11(8-13(15)22)24-19(28)25-32(29,30)17-6-5-16(21)31-17/h1-9H,(H2,24,25,28). The summed E-state index contributed by atoms with van der Waals surface area (Å²) in [6.45, 7) is 0. The number of urea groups is 1. The Hall–Kier alpha value is -2.80. The summed E-state index contributed by atoms with van der Waals surface area (Å²) in [7, 11) is -4.13. The molecule has 2 amide bonds. The molecule has 2 aromatic carbocycles. The van der Waals surface area contributed by atoms with E-state index in [0.29, 0.717) is 15.4 Å². The fourth-order valence-electron chi connectivity index (χ4n) is 2.82. The Morgan fingerprint density at radius 3 is 2.62 bits per heavy atom. The van der Waals surface area contributed by atoms with Crippen LogP contribution >= 0.6 is 38.9 Å².